The molecule has 4 heteroatoms. The van der Waals surface area contributed by atoms with Crippen LogP contribution in [0.3, 0.4) is 0 Å². The second kappa shape index (κ2) is 5.89. The molecule has 0 amide bonds. The Morgan fingerprint density at radius 3 is 2.81 bits per heavy atom. The summed E-state index contributed by atoms with van der Waals surface area (Å²) in [6.07, 6.45) is 2.79. The minimum Gasteiger partial charge on any atom is -0.508 e. The molecule has 0 aliphatic rings. The van der Waals surface area contributed by atoms with Crippen molar-refractivity contribution in [1.82, 2.24) is 0 Å². The molecular formula is C12H13IO3. The smallest absolute Gasteiger partial charge is 0.344 e. The van der Waals surface area contributed by atoms with Gasteiger partial charge in [0.2, 0.25) is 0 Å². The molecular weight excluding hydrogens is 319 g/mol. The van der Waals surface area contributed by atoms with E-state index in [1.807, 2.05) is 35.6 Å². The number of aromatic hydroxyl groups is 1. The summed E-state index contributed by atoms with van der Waals surface area (Å²) in [5, 5.41) is 11.0. The zero-order valence-electron chi connectivity index (χ0n) is 9.16. The maximum absolute atomic E-state index is 11.4. The number of carbonyl (C=O) groups is 1. The fourth-order valence-electron chi connectivity index (χ4n) is 1.34. The van der Waals surface area contributed by atoms with Gasteiger partial charge in [-0.1, -0.05) is 13.0 Å². The molecule has 3 nitrogen and oxygen atoms in total. The van der Waals surface area contributed by atoms with Gasteiger partial charge in [-0.15, -0.1) is 0 Å². The third kappa shape index (κ3) is 2.98. The van der Waals surface area contributed by atoms with E-state index in [1.54, 1.807) is 18.2 Å². The standard InChI is InChI=1S/C12H13IO3/c1-3-4-8-7-9(14)5-6-10(8)11(13)12(15)16-2/h4-7,14H,3H2,1-2H3/b8-4-,11-10-. The van der Waals surface area contributed by atoms with E-state index in [2.05, 4.69) is 4.74 Å². The first-order chi connectivity index (χ1) is 7.60. The van der Waals surface area contributed by atoms with Gasteiger partial charge in [0, 0.05) is 5.22 Å². The largest absolute Gasteiger partial charge is 0.508 e. The van der Waals surface area contributed by atoms with Gasteiger partial charge in [-0.3, -0.25) is 0 Å². The van der Waals surface area contributed by atoms with Gasteiger partial charge in [0.1, 0.15) is 9.33 Å². The number of halogens is 1. The molecule has 0 bridgehead atoms. The summed E-state index contributed by atoms with van der Waals surface area (Å²) in [4.78, 5) is 11.4. The van der Waals surface area contributed by atoms with E-state index in [4.69, 9.17) is 0 Å². The molecule has 86 valence electrons. The van der Waals surface area contributed by atoms with Crippen molar-refractivity contribution >= 4 is 38.2 Å². The third-order valence-corrected chi connectivity index (χ3v) is 3.08. The summed E-state index contributed by atoms with van der Waals surface area (Å²) in [7, 11) is 1.35. The van der Waals surface area contributed by atoms with Crippen LogP contribution in [-0.4, -0.2) is 18.2 Å². The fraction of sp³-hybridized carbons (Fsp3) is 0.250. The Kier molecular flexibility index (Phi) is 4.79. The van der Waals surface area contributed by atoms with Crippen LogP contribution >= 0.6 is 22.6 Å². The molecule has 1 rings (SSSR count). The number of phenols is 1. The second-order valence-electron chi connectivity index (χ2n) is 3.19. The minimum atomic E-state index is -0.364. The van der Waals surface area contributed by atoms with Crippen molar-refractivity contribution in [3.8, 4) is 5.75 Å². The lowest BCUT2D eigenvalue weighted by Gasteiger charge is -1.99. The van der Waals surface area contributed by atoms with E-state index in [1.165, 1.54) is 7.11 Å². The second-order valence-corrected chi connectivity index (χ2v) is 4.27. The van der Waals surface area contributed by atoms with Crippen LogP contribution in [0.15, 0.2) is 18.2 Å². The van der Waals surface area contributed by atoms with Gasteiger partial charge in [0.25, 0.3) is 0 Å². The summed E-state index contributed by atoms with van der Waals surface area (Å²) in [6.45, 7) is 2.00. The summed E-state index contributed by atoms with van der Waals surface area (Å²) in [5.74, 6) is -0.172. The Balaban J connectivity index is 3.56. The maximum atomic E-state index is 11.4. The van der Waals surface area contributed by atoms with Gasteiger partial charge in [-0.2, -0.15) is 0 Å². The van der Waals surface area contributed by atoms with E-state index in [9.17, 15) is 9.90 Å². The summed E-state index contributed by atoms with van der Waals surface area (Å²) in [5.41, 5.74) is 0. The first-order valence-electron chi connectivity index (χ1n) is 4.87. The van der Waals surface area contributed by atoms with E-state index in [0.29, 0.717) is 3.58 Å². The number of hydrogen-bond donors (Lipinski definition) is 1. The van der Waals surface area contributed by atoms with Crippen LogP contribution in [0, 0.1) is 0 Å². The molecule has 16 heavy (non-hydrogen) atoms. The number of carbonyl (C=O) groups excluding carboxylic acids is 1. The zero-order valence-corrected chi connectivity index (χ0v) is 11.3. The van der Waals surface area contributed by atoms with Gasteiger partial charge in [0.15, 0.2) is 0 Å². The highest BCUT2D eigenvalue weighted by Crippen LogP contribution is 2.07. The predicted octanol–water partition coefficient (Wildman–Crippen LogP) is 1.30. The van der Waals surface area contributed by atoms with Crippen molar-refractivity contribution in [2.75, 3.05) is 7.11 Å². The number of phenolic OH excluding ortho intramolecular Hbond substituents is 1. The molecule has 0 saturated carbocycles. The van der Waals surface area contributed by atoms with E-state index < -0.39 is 0 Å². The highest BCUT2D eigenvalue weighted by molar-refractivity contribution is 14.1. The average Bonchev–Trinajstić information content (AvgIpc) is 2.28. The van der Waals surface area contributed by atoms with Crippen LogP contribution < -0.4 is 10.4 Å². The highest BCUT2D eigenvalue weighted by atomic mass is 127. The van der Waals surface area contributed by atoms with Crippen molar-refractivity contribution in [3.05, 3.63) is 28.6 Å². The van der Waals surface area contributed by atoms with E-state index in [0.717, 1.165) is 16.9 Å². The van der Waals surface area contributed by atoms with Crippen molar-refractivity contribution in [2.24, 2.45) is 0 Å². The lowest BCUT2D eigenvalue weighted by Crippen LogP contribution is -2.27. The lowest BCUT2D eigenvalue weighted by atomic mass is 10.2. The van der Waals surface area contributed by atoms with Crippen LogP contribution in [0.1, 0.15) is 13.3 Å². The van der Waals surface area contributed by atoms with Crippen molar-refractivity contribution in [1.29, 1.82) is 0 Å². The Labute approximate surface area is 108 Å². The quantitative estimate of drug-likeness (QED) is 0.656. The molecule has 1 N–H and O–H groups in total. The molecule has 1 aromatic carbocycles. The third-order valence-electron chi connectivity index (χ3n) is 2.06. The Morgan fingerprint density at radius 2 is 2.25 bits per heavy atom. The molecule has 0 atom stereocenters. The monoisotopic (exact) mass is 332 g/mol. The van der Waals surface area contributed by atoms with Gasteiger partial charge >= 0.3 is 5.97 Å². The van der Waals surface area contributed by atoms with Crippen molar-refractivity contribution < 1.29 is 14.6 Å². The molecule has 0 fully saturated rings. The molecule has 0 unspecified atom stereocenters. The van der Waals surface area contributed by atoms with Crippen molar-refractivity contribution in [3.63, 3.8) is 0 Å². The van der Waals surface area contributed by atoms with Gasteiger partial charge in [-0.25, -0.2) is 4.79 Å². The first-order valence-corrected chi connectivity index (χ1v) is 5.95. The van der Waals surface area contributed by atoms with Gasteiger partial charge < -0.3 is 9.84 Å². The Morgan fingerprint density at radius 1 is 1.56 bits per heavy atom. The molecule has 0 radical (unpaired) electrons. The predicted molar refractivity (Wildman–Crippen MR) is 71.6 cm³/mol. The topological polar surface area (TPSA) is 46.5 Å². The minimum absolute atomic E-state index is 0.192. The Hall–Kier alpha value is -1.04. The van der Waals surface area contributed by atoms with Gasteiger partial charge in [-0.05, 0) is 52.4 Å². The maximum Gasteiger partial charge on any atom is 0.344 e. The number of esters is 1. The normalized spacial score (nSPS) is 13.6. The summed E-state index contributed by atoms with van der Waals surface area (Å²) >= 11 is 1.95. The number of ether oxygens (including phenoxy) is 1. The zero-order chi connectivity index (χ0) is 12.1. The summed E-state index contributed by atoms with van der Waals surface area (Å²) in [6, 6.07) is 4.92. The van der Waals surface area contributed by atoms with Crippen LogP contribution in [0.4, 0.5) is 0 Å². The van der Waals surface area contributed by atoms with Crippen LogP contribution in [0.5, 0.6) is 5.75 Å². The number of rotatable bonds is 2. The van der Waals surface area contributed by atoms with E-state index >= 15 is 0 Å². The number of hydrogen-bond acceptors (Lipinski definition) is 3. The average molecular weight is 332 g/mol. The molecule has 0 aromatic heterocycles. The highest BCUT2D eigenvalue weighted by Gasteiger charge is 2.06. The Bertz CT molecular complexity index is 505. The molecule has 0 aliphatic carbocycles. The van der Waals surface area contributed by atoms with Crippen LogP contribution in [0.2, 0.25) is 0 Å². The SMILES string of the molecule is CC/C=c1/cc(O)cc/c1=C(/I)C(=O)OC. The molecule has 0 saturated heterocycles. The van der Waals surface area contributed by atoms with Crippen LogP contribution in [0.25, 0.3) is 9.66 Å². The first kappa shape index (κ1) is 13.0. The van der Waals surface area contributed by atoms with E-state index in [-0.39, 0.29) is 11.7 Å². The van der Waals surface area contributed by atoms with Crippen LogP contribution in [-0.2, 0) is 9.53 Å². The molecule has 1 aromatic rings. The lowest BCUT2D eigenvalue weighted by molar-refractivity contribution is -0.133. The summed E-state index contributed by atoms with van der Waals surface area (Å²) < 4.78 is 5.18. The van der Waals surface area contributed by atoms with Crippen molar-refractivity contribution in [2.45, 2.75) is 13.3 Å². The molecule has 0 heterocycles. The fourth-order valence-corrected chi connectivity index (χ4v) is 2.05. The van der Waals surface area contributed by atoms with Gasteiger partial charge in [0.05, 0.1) is 7.11 Å². The number of methoxy groups -OCH3 is 1. The molecule has 0 aliphatic heterocycles. The molecule has 0 spiro atoms. The number of benzene rings is 1.